The zero-order valence-corrected chi connectivity index (χ0v) is 15.5. The van der Waals surface area contributed by atoms with Gasteiger partial charge in [0.25, 0.3) is 0 Å². The molecular formula is C19H16N2O5S. The summed E-state index contributed by atoms with van der Waals surface area (Å²) in [4.78, 5) is 28.5. The summed E-state index contributed by atoms with van der Waals surface area (Å²) in [6.45, 7) is 1.31. The quantitative estimate of drug-likeness (QED) is 0.576. The molecule has 0 radical (unpaired) electrons. The molecule has 0 amide bonds. The van der Waals surface area contributed by atoms with E-state index in [1.807, 2.05) is 6.07 Å². The number of ketones is 1. The maximum absolute atomic E-state index is 12.2. The van der Waals surface area contributed by atoms with Gasteiger partial charge in [-0.25, -0.2) is 4.98 Å². The smallest absolute Gasteiger partial charge is 0.310 e. The fraction of sp³-hybridized carbons (Fsp3) is 0.263. The zero-order valence-electron chi connectivity index (χ0n) is 14.7. The number of benzene rings is 1. The number of Topliss-reactive ketones (excluding diaryl/α,β-unsaturated/α-hetero) is 1. The van der Waals surface area contributed by atoms with Crippen molar-refractivity contribution < 1.29 is 23.5 Å². The Bertz CT molecular complexity index is 1030. The summed E-state index contributed by atoms with van der Waals surface area (Å²) < 4.78 is 15.6. The van der Waals surface area contributed by atoms with E-state index in [0.717, 1.165) is 11.1 Å². The Balaban J connectivity index is 1.61. The van der Waals surface area contributed by atoms with Crippen LogP contribution in [0.1, 0.15) is 22.2 Å². The van der Waals surface area contributed by atoms with Crippen LogP contribution in [-0.2, 0) is 20.7 Å². The van der Waals surface area contributed by atoms with Gasteiger partial charge in [0.2, 0.25) is 0 Å². The Morgan fingerprint density at radius 1 is 1.41 bits per heavy atom. The predicted molar refractivity (Wildman–Crippen MR) is 97.6 cm³/mol. The maximum atomic E-state index is 12.2. The third-order valence-corrected chi connectivity index (χ3v) is 4.94. The highest BCUT2D eigenvalue weighted by molar-refractivity contribution is 7.09. The van der Waals surface area contributed by atoms with Crippen molar-refractivity contribution >= 4 is 34.1 Å². The molecule has 138 valence electrons. The van der Waals surface area contributed by atoms with E-state index in [9.17, 15) is 14.9 Å². The minimum atomic E-state index is -1.03. The molecule has 7 nitrogen and oxygen atoms in total. The van der Waals surface area contributed by atoms with E-state index >= 15 is 0 Å². The monoisotopic (exact) mass is 384 g/mol. The number of thiazole rings is 1. The Hall–Kier alpha value is -3.18. The van der Waals surface area contributed by atoms with Crippen molar-refractivity contribution in [3.63, 3.8) is 0 Å². The van der Waals surface area contributed by atoms with Gasteiger partial charge in [0.05, 0.1) is 25.9 Å². The van der Waals surface area contributed by atoms with Crippen molar-refractivity contribution in [2.75, 3.05) is 13.7 Å². The van der Waals surface area contributed by atoms with E-state index in [0.29, 0.717) is 21.9 Å². The molecule has 2 aromatic heterocycles. The number of ether oxygens (including phenoxy) is 2. The molecule has 1 atom stereocenters. The second-order valence-corrected chi connectivity index (χ2v) is 6.71. The van der Waals surface area contributed by atoms with E-state index in [1.54, 1.807) is 37.6 Å². The molecule has 0 unspecified atom stereocenters. The summed E-state index contributed by atoms with van der Waals surface area (Å²) in [7, 11) is 1.56. The lowest BCUT2D eigenvalue weighted by molar-refractivity contribution is -0.147. The van der Waals surface area contributed by atoms with E-state index in [4.69, 9.17) is 13.9 Å². The van der Waals surface area contributed by atoms with Gasteiger partial charge in [0, 0.05) is 28.1 Å². The average molecular weight is 384 g/mol. The second kappa shape index (κ2) is 8.01. The topological polar surface area (TPSA) is 102 Å². The number of esters is 1. The highest BCUT2D eigenvalue weighted by Crippen LogP contribution is 2.26. The van der Waals surface area contributed by atoms with Crippen LogP contribution in [0.3, 0.4) is 0 Å². The van der Waals surface area contributed by atoms with Crippen molar-refractivity contribution in [1.82, 2.24) is 4.98 Å². The maximum Gasteiger partial charge on any atom is 0.310 e. The number of rotatable bonds is 7. The van der Waals surface area contributed by atoms with Gasteiger partial charge in [-0.2, -0.15) is 5.26 Å². The number of fused-ring (bicyclic) bond motifs is 1. The first kappa shape index (κ1) is 18.6. The summed E-state index contributed by atoms with van der Waals surface area (Å²) in [5, 5.41) is 12.2. The van der Waals surface area contributed by atoms with Crippen molar-refractivity contribution in [3.05, 3.63) is 46.1 Å². The second-order valence-electron chi connectivity index (χ2n) is 5.82. The first-order chi connectivity index (χ1) is 13.0. The number of furan rings is 1. The van der Waals surface area contributed by atoms with E-state index in [2.05, 4.69) is 4.98 Å². The summed E-state index contributed by atoms with van der Waals surface area (Å²) in [6.07, 6.45) is 1.43. The van der Waals surface area contributed by atoms with Gasteiger partial charge in [0.15, 0.2) is 18.3 Å². The number of carbonyl (C=O) groups excluding carboxylic acids is 2. The molecule has 0 aliphatic carbocycles. The zero-order chi connectivity index (χ0) is 19.4. The molecule has 0 aliphatic heterocycles. The summed E-state index contributed by atoms with van der Waals surface area (Å²) in [5.74, 6) is -1.45. The molecule has 2 heterocycles. The summed E-state index contributed by atoms with van der Waals surface area (Å²) in [6, 6.07) is 7.20. The van der Waals surface area contributed by atoms with Gasteiger partial charge in [-0.15, -0.1) is 11.3 Å². The van der Waals surface area contributed by atoms with Crippen LogP contribution in [-0.4, -0.2) is 30.5 Å². The lowest BCUT2D eigenvalue weighted by atomic mass is 10.1. The third-order valence-electron chi connectivity index (χ3n) is 3.91. The molecule has 0 spiro atoms. The molecule has 1 aromatic carbocycles. The largest absolute Gasteiger partial charge is 0.497 e. The lowest BCUT2D eigenvalue weighted by Crippen LogP contribution is -2.20. The fourth-order valence-corrected chi connectivity index (χ4v) is 3.40. The van der Waals surface area contributed by atoms with Crippen molar-refractivity contribution in [2.45, 2.75) is 19.3 Å². The van der Waals surface area contributed by atoms with Crippen LogP contribution in [0.5, 0.6) is 5.75 Å². The Morgan fingerprint density at radius 3 is 2.89 bits per heavy atom. The van der Waals surface area contributed by atoms with Crippen LogP contribution in [0, 0.1) is 18.3 Å². The number of nitrogens with zero attached hydrogens (tertiary/aromatic N) is 2. The standard InChI is InChI=1S/C19H16N2O5S/c1-11-10-27-19(21-11)15(7-20)16(22)9-26-18(23)5-12-8-25-17-6-13(24-2)3-4-14(12)17/h3-4,6,8,10,15H,5,9H2,1-2H3/t15-/m0/s1. The highest BCUT2D eigenvalue weighted by Gasteiger charge is 2.24. The van der Waals surface area contributed by atoms with E-state index < -0.39 is 24.3 Å². The van der Waals surface area contributed by atoms with Crippen molar-refractivity contribution in [2.24, 2.45) is 0 Å². The van der Waals surface area contributed by atoms with E-state index in [-0.39, 0.29) is 6.42 Å². The van der Waals surface area contributed by atoms with Gasteiger partial charge >= 0.3 is 5.97 Å². The Labute approximate surface area is 159 Å². The van der Waals surface area contributed by atoms with Crippen LogP contribution in [0.2, 0.25) is 0 Å². The Morgan fingerprint density at radius 2 is 2.22 bits per heavy atom. The molecule has 0 saturated carbocycles. The molecule has 0 saturated heterocycles. The van der Waals surface area contributed by atoms with Gasteiger partial charge in [-0.3, -0.25) is 9.59 Å². The number of aryl methyl sites for hydroxylation is 1. The molecule has 0 aliphatic rings. The molecule has 27 heavy (non-hydrogen) atoms. The minimum absolute atomic E-state index is 0.0415. The number of carbonyl (C=O) groups is 2. The Kier molecular flexibility index (Phi) is 5.52. The normalized spacial score (nSPS) is 11.7. The summed E-state index contributed by atoms with van der Waals surface area (Å²) >= 11 is 1.24. The molecule has 0 bridgehead atoms. The first-order valence-corrected chi connectivity index (χ1v) is 8.94. The van der Waals surface area contributed by atoms with Crippen LogP contribution >= 0.6 is 11.3 Å². The number of methoxy groups -OCH3 is 1. The third kappa shape index (κ3) is 4.15. The average Bonchev–Trinajstić information content (AvgIpc) is 3.26. The number of hydrogen-bond acceptors (Lipinski definition) is 8. The number of hydrogen-bond donors (Lipinski definition) is 0. The van der Waals surface area contributed by atoms with Gasteiger partial charge in [0.1, 0.15) is 16.3 Å². The predicted octanol–water partition coefficient (Wildman–Crippen LogP) is 3.17. The molecule has 8 heteroatoms. The van der Waals surface area contributed by atoms with Crippen LogP contribution in [0.25, 0.3) is 11.0 Å². The van der Waals surface area contributed by atoms with Gasteiger partial charge in [-0.05, 0) is 19.1 Å². The fourth-order valence-electron chi connectivity index (χ4n) is 2.54. The highest BCUT2D eigenvalue weighted by atomic mass is 32.1. The molecule has 3 aromatic rings. The van der Waals surface area contributed by atoms with Gasteiger partial charge in [-0.1, -0.05) is 0 Å². The van der Waals surface area contributed by atoms with Crippen LogP contribution in [0.4, 0.5) is 0 Å². The molecule has 0 fully saturated rings. The SMILES string of the molecule is COc1ccc2c(CC(=O)OCC(=O)[C@H](C#N)c3nc(C)cs3)coc2c1. The minimum Gasteiger partial charge on any atom is -0.497 e. The molecular weight excluding hydrogens is 368 g/mol. The molecule has 0 N–H and O–H groups in total. The first-order valence-electron chi connectivity index (χ1n) is 8.06. The van der Waals surface area contributed by atoms with Crippen LogP contribution < -0.4 is 4.74 Å². The number of nitriles is 1. The van der Waals surface area contributed by atoms with Crippen molar-refractivity contribution in [3.8, 4) is 11.8 Å². The lowest BCUT2D eigenvalue weighted by Gasteiger charge is -2.06. The summed E-state index contributed by atoms with van der Waals surface area (Å²) in [5.41, 5.74) is 1.98. The molecule has 3 rings (SSSR count). The number of aromatic nitrogens is 1. The van der Waals surface area contributed by atoms with Crippen LogP contribution in [0.15, 0.2) is 34.3 Å². The van der Waals surface area contributed by atoms with Gasteiger partial charge < -0.3 is 13.9 Å². The van der Waals surface area contributed by atoms with E-state index in [1.165, 1.54) is 17.6 Å². The van der Waals surface area contributed by atoms with Crippen molar-refractivity contribution in [1.29, 1.82) is 5.26 Å².